The standard InChI is InChI=1S/C25H29N3O2/c1-30-24-13-5-4-12-23(24)28-18-16-27(17-19-28)15-7-14-26-25(29)22-11-6-9-20-8-2-3-10-21(20)22/h2-6,8-13H,7,14-19H2,1H3,(H,26,29). The summed E-state index contributed by atoms with van der Waals surface area (Å²) in [5.41, 5.74) is 1.92. The molecule has 5 heteroatoms. The van der Waals surface area contributed by atoms with Gasteiger partial charge in [0, 0.05) is 38.3 Å². The first-order valence-electron chi connectivity index (χ1n) is 10.6. The van der Waals surface area contributed by atoms with Crippen LogP contribution < -0.4 is 15.0 Å². The summed E-state index contributed by atoms with van der Waals surface area (Å²) in [6, 6.07) is 22.1. The Balaban J connectivity index is 1.22. The van der Waals surface area contributed by atoms with Gasteiger partial charge >= 0.3 is 0 Å². The smallest absolute Gasteiger partial charge is 0.251 e. The molecule has 156 valence electrons. The molecule has 0 atom stereocenters. The lowest BCUT2D eigenvalue weighted by Crippen LogP contribution is -2.47. The molecule has 5 nitrogen and oxygen atoms in total. The van der Waals surface area contributed by atoms with Gasteiger partial charge in [-0.05, 0) is 41.9 Å². The highest BCUT2D eigenvalue weighted by Crippen LogP contribution is 2.28. The largest absolute Gasteiger partial charge is 0.495 e. The highest BCUT2D eigenvalue weighted by Gasteiger charge is 2.19. The third-order valence-corrected chi connectivity index (χ3v) is 5.77. The van der Waals surface area contributed by atoms with Gasteiger partial charge in [0.1, 0.15) is 5.75 Å². The number of ether oxygens (including phenoxy) is 1. The molecule has 1 heterocycles. The predicted octanol–water partition coefficient (Wildman–Crippen LogP) is 3.79. The molecule has 0 spiro atoms. The van der Waals surface area contributed by atoms with E-state index >= 15 is 0 Å². The number of carbonyl (C=O) groups is 1. The molecular formula is C25H29N3O2. The van der Waals surface area contributed by atoms with Crippen LogP contribution in [-0.2, 0) is 0 Å². The Labute approximate surface area is 178 Å². The van der Waals surface area contributed by atoms with E-state index in [-0.39, 0.29) is 5.91 Å². The van der Waals surface area contributed by atoms with Crippen LogP contribution in [0, 0.1) is 0 Å². The van der Waals surface area contributed by atoms with Crippen molar-refractivity contribution in [1.82, 2.24) is 10.2 Å². The van der Waals surface area contributed by atoms with Crippen LogP contribution in [0.4, 0.5) is 5.69 Å². The number of anilines is 1. The number of para-hydroxylation sites is 2. The van der Waals surface area contributed by atoms with Crippen LogP contribution in [0.2, 0.25) is 0 Å². The van der Waals surface area contributed by atoms with Gasteiger partial charge < -0.3 is 15.0 Å². The van der Waals surface area contributed by atoms with Crippen molar-refractivity contribution in [1.29, 1.82) is 0 Å². The number of benzene rings is 3. The summed E-state index contributed by atoms with van der Waals surface area (Å²) in [6.07, 6.45) is 0.950. The van der Waals surface area contributed by atoms with Gasteiger partial charge in [-0.2, -0.15) is 0 Å². The third kappa shape index (κ3) is 4.57. The quantitative estimate of drug-likeness (QED) is 0.610. The Hall–Kier alpha value is -3.05. The van der Waals surface area contributed by atoms with Crippen molar-refractivity contribution in [2.24, 2.45) is 0 Å². The highest BCUT2D eigenvalue weighted by atomic mass is 16.5. The molecule has 1 fully saturated rings. The molecule has 3 aromatic rings. The van der Waals surface area contributed by atoms with Gasteiger partial charge in [-0.25, -0.2) is 0 Å². The molecule has 3 aromatic carbocycles. The number of methoxy groups -OCH3 is 1. The second kappa shape index (κ2) is 9.63. The monoisotopic (exact) mass is 403 g/mol. The maximum absolute atomic E-state index is 12.6. The molecule has 0 unspecified atom stereocenters. The second-order valence-electron chi connectivity index (χ2n) is 7.64. The Morgan fingerprint density at radius 2 is 1.67 bits per heavy atom. The number of nitrogens with one attached hydrogen (secondary N) is 1. The van der Waals surface area contributed by atoms with Crippen molar-refractivity contribution in [3.63, 3.8) is 0 Å². The zero-order chi connectivity index (χ0) is 20.8. The van der Waals surface area contributed by atoms with Crippen LogP contribution in [0.3, 0.4) is 0 Å². The molecule has 0 bridgehead atoms. The van der Waals surface area contributed by atoms with E-state index < -0.39 is 0 Å². The summed E-state index contributed by atoms with van der Waals surface area (Å²) < 4.78 is 5.50. The van der Waals surface area contributed by atoms with Crippen LogP contribution in [0.15, 0.2) is 66.7 Å². The molecule has 1 N–H and O–H groups in total. The molecule has 0 aromatic heterocycles. The predicted molar refractivity (Wildman–Crippen MR) is 123 cm³/mol. The van der Waals surface area contributed by atoms with E-state index in [1.807, 2.05) is 54.6 Å². The normalized spacial score (nSPS) is 14.6. The van der Waals surface area contributed by atoms with Crippen molar-refractivity contribution in [2.75, 3.05) is 51.3 Å². The van der Waals surface area contributed by atoms with E-state index in [0.717, 1.165) is 61.2 Å². The Morgan fingerprint density at radius 3 is 2.50 bits per heavy atom. The number of amides is 1. The number of hydrogen-bond acceptors (Lipinski definition) is 4. The average molecular weight is 404 g/mol. The number of fused-ring (bicyclic) bond motifs is 1. The minimum Gasteiger partial charge on any atom is -0.495 e. The lowest BCUT2D eigenvalue weighted by molar-refractivity contribution is 0.0953. The lowest BCUT2D eigenvalue weighted by atomic mass is 10.0. The number of nitrogens with zero attached hydrogens (tertiary/aromatic N) is 2. The van der Waals surface area contributed by atoms with E-state index in [9.17, 15) is 4.79 Å². The SMILES string of the molecule is COc1ccccc1N1CCN(CCCNC(=O)c2cccc3ccccc23)CC1. The average Bonchev–Trinajstić information content (AvgIpc) is 2.81. The second-order valence-corrected chi connectivity index (χ2v) is 7.64. The van der Waals surface area contributed by atoms with E-state index in [4.69, 9.17) is 4.74 Å². The van der Waals surface area contributed by atoms with Gasteiger partial charge in [-0.1, -0.05) is 48.5 Å². The van der Waals surface area contributed by atoms with Crippen LogP contribution in [0.5, 0.6) is 5.75 Å². The number of carbonyl (C=O) groups excluding carboxylic acids is 1. The summed E-state index contributed by atoms with van der Waals surface area (Å²) in [4.78, 5) is 17.5. The minimum atomic E-state index is 0.00721. The molecule has 0 radical (unpaired) electrons. The topological polar surface area (TPSA) is 44.8 Å². The Kier molecular flexibility index (Phi) is 6.50. The maximum Gasteiger partial charge on any atom is 0.251 e. The number of piperazine rings is 1. The first-order chi connectivity index (χ1) is 14.8. The Morgan fingerprint density at radius 1 is 0.933 bits per heavy atom. The van der Waals surface area contributed by atoms with Crippen LogP contribution in [0.25, 0.3) is 10.8 Å². The van der Waals surface area contributed by atoms with Gasteiger partial charge in [0.2, 0.25) is 0 Å². The number of hydrogen-bond donors (Lipinski definition) is 1. The summed E-state index contributed by atoms with van der Waals surface area (Å²) in [6.45, 7) is 5.71. The van der Waals surface area contributed by atoms with Crippen molar-refractivity contribution >= 4 is 22.4 Å². The molecule has 4 rings (SSSR count). The summed E-state index contributed by atoms with van der Waals surface area (Å²) in [5.74, 6) is 0.940. The van der Waals surface area contributed by atoms with E-state index in [1.54, 1.807) is 7.11 Å². The fraction of sp³-hybridized carbons (Fsp3) is 0.320. The van der Waals surface area contributed by atoms with Gasteiger partial charge in [0.05, 0.1) is 12.8 Å². The minimum absolute atomic E-state index is 0.00721. The summed E-state index contributed by atoms with van der Waals surface area (Å²) in [5, 5.41) is 5.19. The molecule has 1 amide bonds. The summed E-state index contributed by atoms with van der Waals surface area (Å²) >= 11 is 0. The van der Waals surface area contributed by atoms with Crippen molar-refractivity contribution in [3.05, 3.63) is 72.3 Å². The van der Waals surface area contributed by atoms with Gasteiger partial charge in [-0.3, -0.25) is 9.69 Å². The highest BCUT2D eigenvalue weighted by molar-refractivity contribution is 6.06. The van der Waals surface area contributed by atoms with Crippen molar-refractivity contribution in [3.8, 4) is 5.75 Å². The van der Waals surface area contributed by atoms with E-state index in [2.05, 4.69) is 27.2 Å². The van der Waals surface area contributed by atoms with Gasteiger partial charge in [-0.15, -0.1) is 0 Å². The van der Waals surface area contributed by atoms with Gasteiger partial charge in [0.15, 0.2) is 0 Å². The Bertz CT molecular complexity index is 991. The summed E-state index contributed by atoms with van der Waals surface area (Å²) in [7, 11) is 1.72. The first-order valence-corrected chi connectivity index (χ1v) is 10.6. The first kappa shape index (κ1) is 20.2. The maximum atomic E-state index is 12.6. The third-order valence-electron chi connectivity index (χ3n) is 5.77. The fourth-order valence-corrected chi connectivity index (χ4v) is 4.13. The molecule has 1 aliphatic heterocycles. The van der Waals surface area contributed by atoms with Crippen LogP contribution in [0.1, 0.15) is 16.8 Å². The zero-order valence-corrected chi connectivity index (χ0v) is 17.5. The van der Waals surface area contributed by atoms with E-state index in [0.29, 0.717) is 6.54 Å². The lowest BCUT2D eigenvalue weighted by Gasteiger charge is -2.36. The molecular weight excluding hydrogens is 374 g/mol. The van der Waals surface area contributed by atoms with Crippen LogP contribution in [-0.4, -0.2) is 57.2 Å². The van der Waals surface area contributed by atoms with Crippen molar-refractivity contribution in [2.45, 2.75) is 6.42 Å². The van der Waals surface area contributed by atoms with Crippen molar-refractivity contribution < 1.29 is 9.53 Å². The van der Waals surface area contributed by atoms with Gasteiger partial charge in [0.25, 0.3) is 5.91 Å². The molecule has 30 heavy (non-hydrogen) atoms. The number of rotatable bonds is 7. The van der Waals surface area contributed by atoms with E-state index in [1.165, 1.54) is 5.69 Å². The van der Waals surface area contributed by atoms with Crippen LogP contribution >= 0.6 is 0 Å². The zero-order valence-electron chi connectivity index (χ0n) is 17.5. The fourth-order valence-electron chi connectivity index (χ4n) is 4.13. The molecule has 1 saturated heterocycles. The molecule has 0 aliphatic carbocycles. The molecule has 1 aliphatic rings. The molecule has 0 saturated carbocycles.